The summed E-state index contributed by atoms with van der Waals surface area (Å²) in [6, 6.07) is 0. The van der Waals surface area contributed by atoms with Crippen LogP contribution in [0.5, 0.6) is 0 Å². The number of amides is 1. The van der Waals surface area contributed by atoms with E-state index in [0.717, 1.165) is 69.9 Å². The number of thiazole rings is 1. The van der Waals surface area contributed by atoms with E-state index < -0.39 is 0 Å². The fraction of sp³-hybridized carbons (Fsp3) is 0.632. The highest BCUT2D eigenvalue weighted by molar-refractivity contribution is 7.07. The molecule has 0 aromatic carbocycles. The summed E-state index contributed by atoms with van der Waals surface area (Å²) in [4.78, 5) is 26.2. The van der Waals surface area contributed by atoms with Gasteiger partial charge >= 0.3 is 0 Å². The van der Waals surface area contributed by atoms with E-state index in [1.165, 1.54) is 0 Å². The summed E-state index contributed by atoms with van der Waals surface area (Å²) in [6.07, 6.45) is 8.12. The van der Waals surface area contributed by atoms with E-state index in [4.69, 9.17) is 0 Å². The second-order valence-corrected chi connectivity index (χ2v) is 8.31. The number of carbonyl (C=O) groups is 1. The molecule has 2 fully saturated rings. The van der Waals surface area contributed by atoms with Gasteiger partial charge in [-0.1, -0.05) is 0 Å². The zero-order valence-corrected chi connectivity index (χ0v) is 16.2. The molecule has 140 valence electrons. The number of carbonyl (C=O) groups excluding carboxylic acids is 1. The maximum Gasteiger partial charge on any atom is 0.226 e. The Morgan fingerprint density at radius 1 is 1.23 bits per heavy atom. The van der Waals surface area contributed by atoms with Crippen LogP contribution in [0.4, 0.5) is 0 Å². The van der Waals surface area contributed by atoms with Gasteiger partial charge < -0.3 is 14.4 Å². The third-order valence-corrected chi connectivity index (χ3v) is 6.34. The van der Waals surface area contributed by atoms with Crippen molar-refractivity contribution >= 4 is 17.2 Å². The fourth-order valence-corrected chi connectivity index (χ4v) is 4.84. The Kier molecular flexibility index (Phi) is 5.36. The van der Waals surface area contributed by atoms with E-state index >= 15 is 0 Å². The maximum atomic E-state index is 12.8. The number of nitrogens with zero attached hydrogens (tertiary/aromatic N) is 5. The molecule has 2 saturated heterocycles. The number of likely N-dealkylation sites (tertiary alicyclic amines) is 2. The molecule has 2 aliphatic heterocycles. The molecule has 0 radical (unpaired) electrons. The second kappa shape index (κ2) is 7.88. The van der Waals surface area contributed by atoms with Crippen LogP contribution in [0.1, 0.15) is 43.1 Å². The van der Waals surface area contributed by atoms with E-state index in [1.54, 1.807) is 11.3 Å². The lowest BCUT2D eigenvalue weighted by atomic mass is 9.92. The Bertz CT molecular complexity index is 720. The Labute approximate surface area is 158 Å². The van der Waals surface area contributed by atoms with Crippen LogP contribution in [0.2, 0.25) is 0 Å². The van der Waals surface area contributed by atoms with Gasteiger partial charge in [0.2, 0.25) is 5.91 Å². The summed E-state index contributed by atoms with van der Waals surface area (Å²) in [5, 5.41) is 2.09. The minimum atomic E-state index is 0.192. The lowest BCUT2D eigenvalue weighted by Crippen LogP contribution is -2.46. The van der Waals surface area contributed by atoms with Crippen LogP contribution in [-0.4, -0.2) is 63.5 Å². The first-order chi connectivity index (χ1) is 12.7. The predicted octanol–water partition coefficient (Wildman–Crippen LogP) is 2.44. The topological polar surface area (TPSA) is 54.3 Å². The number of hydrogen-bond donors (Lipinski definition) is 0. The van der Waals surface area contributed by atoms with Crippen molar-refractivity contribution in [2.45, 2.75) is 38.1 Å². The maximum absolute atomic E-state index is 12.8. The summed E-state index contributed by atoms with van der Waals surface area (Å²) in [7, 11) is 2.12. The van der Waals surface area contributed by atoms with Crippen LogP contribution in [0, 0.1) is 5.92 Å². The second-order valence-electron chi connectivity index (χ2n) is 7.59. The highest BCUT2D eigenvalue weighted by atomic mass is 32.1. The summed E-state index contributed by atoms with van der Waals surface area (Å²) < 4.78 is 2.22. The number of hydrogen-bond acceptors (Lipinski definition) is 5. The van der Waals surface area contributed by atoms with Crippen molar-refractivity contribution in [1.82, 2.24) is 24.3 Å². The third-order valence-electron chi connectivity index (χ3n) is 5.71. The van der Waals surface area contributed by atoms with E-state index in [2.05, 4.69) is 36.8 Å². The monoisotopic (exact) mass is 373 g/mol. The highest BCUT2D eigenvalue weighted by Gasteiger charge is 2.31. The number of piperidine rings is 2. The third kappa shape index (κ3) is 3.83. The van der Waals surface area contributed by atoms with Gasteiger partial charge in [0.05, 0.1) is 23.7 Å². The number of rotatable bonds is 4. The van der Waals surface area contributed by atoms with Gasteiger partial charge in [-0.05, 0) is 39.3 Å². The van der Waals surface area contributed by atoms with Gasteiger partial charge in [-0.25, -0.2) is 9.97 Å². The Balaban J connectivity index is 1.35. The first kappa shape index (κ1) is 17.7. The van der Waals surface area contributed by atoms with Crippen LogP contribution in [0.3, 0.4) is 0 Å². The highest BCUT2D eigenvalue weighted by Crippen LogP contribution is 2.29. The molecule has 0 saturated carbocycles. The summed E-state index contributed by atoms with van der Waals surface area (Å²) in [6.45, 7) is 4.53. The minimum Gasteiger partial charge on any atom is -0.342 e. The van der Waals surface area contributed by atoms with Gasteiger partial charge in [0, 0.05) is 43.3 Å². The van der Waals surface area contributed by atoms with Gasteiger partial charge in [-0.3, -0.25) is 4.79 Å². The van der Waals surface area contributed by atoms with Crippen molar-refractivity contribution in [2.24, 2.45) is 5.92 Å². The molecule has 0 N–H and O–H groups in total. The molecule has 1 atom stereocenters. The molecule has 0 aliphatic carbocycles. The molecule has 26 heavy (non-hydrogen) atoms. The van der Waals surface area contributed by atoms with Crippen LogP contribution < -0.4 is 0 Å². The van der Waals surface area contributed by atoms with Gasteiger partial charge in [0.25, 0.3) is 0 Å². The molecule has 1 unspecified atom stereocenters. The van der Waals surface area contributed by atoms with Crippen molar-refractivity contribution in [2.75, 3.05) is 33.2 Å². The molecular weight excluding hydrogens is 346 g/mol. The number of imidazole rings is 1. The van der Waals surface area contributed by atoms with E-state index in [-0.39, 0.29) is 5.92 Å². The van der Waals surface area contributed by atoms with E-state index in [0.29, 0.717) is 11.8 Å². The van der Waals surface area contributed by atoms with Crippen molar-refractivity contribution in [1.29, 1.82) is 0 Å². The van der Waals surface area contributed by atoms with Gasteiger partial charge in [0.1, 0.15) is 5.82 Å². The molecule has 1 amide bonds. The van der Waals surface area contributed by atoms with E-state index in [9.17, 15) is 4.79 Å². The zero-order valence-electron chi connectivity index (χ0n) is 15.4. The SMILES string of the molecule is CN1CCCC(C(=O)N2CCC(c3nccn3Cc3cscn3)CC2)C1. The van der Waals surface area contributed by atoms with Crippen molar-refractivity contribution < 1.29 is 4.79 Å². The molecule has 2 aromatic heterocycles. The fourth-order valence-electron chi connectivity index (χ4n) is 4.29. The molecule has 2 aromatic rings. The lowest BCUT2D eigenvalue weighted by molar-refractivity contribution is -0.138. The van der Waals surface area contributed by atoms with Gasteiger partial charge in [-0.15, -0.1) is 11.3 Å². The van der Waals surface area contributed by atoms with E-state index in [1.807, 2.05) is 17.9 Å². The quantitative estimate of drug-likeness (QED) is 0.826. The minimum absolute atomic E-state index is 0.192. The van der Waals surface area contributed by atoms with Gasteiger partial charge in [0.15, 0.2) is 0 Å². The molecular formula is C19H27N5OS. The largest absolute Gasteiger partial charge is 0.342 e. The smallest absolute Gasteiger partial charge is 0.226 e. The Hall–Kier alpha value is -1.73. The Morgan fingerprint density at radius 3 is 2.81 bits per heavy atom. The summed E-state index contributed by atoms with van der Waals surface area (Å²) in [5.74, 6) is 2.13. The standard InChI is InChI=1S/C19H27N5OS/c1-22-7-2-3-16(11-22)19(25)23-8-4-15(5-9-23)18-20-6-10-24(18)12-17-13-26-14-21-17/h6,10,13-16H,2-5,7-9,11-12H2,1H3. The average Bonchev–Trinajstić information content (AvgIpc) is 3.34. The molecule has 2 aliphatic rings. The molecule has 4 rings (SSSR count). The van der Waals surface area contributed by atoms with Gasteiger partial charge in [-0.2, -0.15) is 0 Å². The van der Waals surface area contributed by atoms with Crippen LogP contribution in [0.15, 0.2) is 23.3 Å². The van der Waals surface area contributed by atoms with Crippen LogP contribution in [-0.2, 0) is 11.3 Å². The normalized spacial score (nSPS) is 22.7. The van der Waals surface area contributed by atoms with Crippen molar-refractivity contribution in [3.8, 4) is 0 Å². The van der Waals surface area contributed by atoms with Crippen molar-refractivity contribution in [3.63, 3.8) is 0 Å². The summed E-state index contributed by atoms with van der Waals surface area (Å²) in [5.41, 5.74) is 2.96. The van der Waals surface area contributed by atoms with Crippen molar-refractivity contribution in [3.05, 3.63) is 34.8 Å². The zero-order chi connectivity index (χ0) is 17.9. The molecule has 7 heteroatoms. The lowest BCUT2D eigenvalue weighted by Gasteiger charge is -2.36. The van der Waals surface area contributed by atoms with Crippen LogP contribution >= 0.6 is 11.3 Å². The van der Waals surface area contributed by atoms with Crippen LogP contribution in [0.25, 0.3) is 0 Å². The number of aromatic nitrogens is 3. The molecule has 0 spiro atoms. The molecule has 0 bridgehead atoms. The first-order valence-electron chi connectivity index (χ1n) is 9.56. The predicted molar refractivity (Wildman–Crippen MR) is 102 cm³/mol. The summed E-state index contributed by atoms with van der Waals surface area (Å²) >= 11 is 1.63. The molecule has 6 nitrogen and oxygen atoms in total. The first-order valence-corrected chi connectivity index (χ1v) is 10.5. The Morgan fingerprint density at radius 2 is 2.08 bits per heavy atom. The molecule has 4 heterocycles. The average molecular weight is 374 g/mol.